The van der Waals surface area contributed by atoms with Crippen molar-refractivity contribution >= 4 is 11.8 Å². The molecule has 0 amide bonds. The minimum atomic E-state index is -1.32. The Bertz CT molecular complexity index is 862. The molecule has 0 saturated heterocycles. The first-order valence-electron chi connectivity index (χ1n) is 7.99. The zero-order valence-corrected chi connectivity index (χ0v) is 13.6. The van der Waals surface area contributed by atoms with Gasteiger partial charge in [0.05, 0.1) is 0 Å². The predicted octanol–water partition coefficient (Wildman–Crippen LogP) is 3.11. The molecule has 2 aromatic rings. The Labute approximate surface area is 139 Å². The summed E-state index contributed by atoms with van der Waals surface area (Å²) in [5, 5.41) is 9.02. The molecule has 0 bridgehead atoms. The summed E-state index contributed by atoms with van der Waals surface area (Å²) < 4.78 is 0. The number of ketones is 1. The Morgan fingerprint density at radius 2 is 1.83 bits per heavy atom. The summed E-state index contributed by atoms with van der Waals surface area (Å²) in [5.74, 6) is -1.01. The number of aromatic nitrogens is 1. The number of hydrogen-bond acceptors (Lipinski definition) is 3. The van der Waals surface area contributed by atoms with Gasteiger partial charge < -0.3 is 10.1 Å². The van der Waals surface area contributed by atoms with Crippen molar-refractivity contribution in [2.45, 2.75) is 38.5 Å². The molecule has 1 unspecified atom stereocenters. The molecule has 5 nitrogen and oxygen atoms in total. The quantitative estimate of drug-likeness (QED) is 0.907. The molecule has 1 aliphatic rings. The highest BCUT2D eigenvalue weighted by molar-refractivity contribution is 6.00. The van der Waals surface area contributed by atoms with Gasteiger partial charge in [-0.25, -0.2) is 4.79 Å². The monoisotopic (exact) mass is 325 g/mol. The Balaban J connectivity index is 1.94. The van der Waals surface area contributed by atoms with Gasteiger partial charge in [0.15, 0.2) is 5.78 Å². The molecule has 1 heterocycles. The van der Waals surface area contributed by atoms with Gasteiger partial charge in [-0.1, -0.05) is 38.1 Å². The number of rotatable bonds is 3. The van der Waals surface area contributed by atoms with E-state index in [9.17, 15) is 14.4 Å². The molecule has 0 aliphatic heterocycles. The van der Waals surface area contributed by atoms with Crippen molar-refractivity contribution in [3.05, 3.63) is 68.6 Å². The lowest BCUT2D eigenvalue weighted by atomic mass is 9.81. The first kappa shape index (κ1) is 16.2. The van der Waals surface area contributed by atoms with Crippen LogP contribution in [0, 0.1) is 0 Å². The number of hydrogen-bond donors (Lipinski definition) is 2. The number of Topliss-reactive ketones (excluding diaryl/α,β-unsaturated/α-hetero) is 1. The Hall–Kier alpha value is -2.69. The van der Waals surface area contributed by atoms with Crippen LogP contribution < -0.4 is 5.56 Å². The second kappa shape index (κ2) is 6.07. The Morgan fingerprint density at radius 3 is 2.42 bits per heavy atom. The summed E-state index contributed by atoms with van der Waals surface area (Å²) in [6.45, 7) is 4.25. The summed E-state index contributed by atoms with van der Waals surface area (Å²) in [6, 6.07) is 9.40. The molecule has 0 saturated carbocycles. The van der Waals surface area contributed by atoms with E-state index in [-0.39, 0.29) is 17.3 Å². The number of carboxylic acids is 1. The molecule has 5 heteroatoms. The minimum Gasteiger partial charge on any atom is -0.477 e. The maximum Gasteiger partial charge on any atom is 0.341 e. The molecular weight excluding hydrogens is 306 g/mol. The van der Waals surface area contributed by atoms with Crippen molar-refractivity contribution < 1.29 is 14.7 Å². The van der Waals surface area contributed by atoms with E-state index in [1.165, 1.54) is 11.6 Å². The maximum absolute atomic E-state index is 12.4. The molecule has 0 spiro atoms. The lowest BCUT2D eigenvalue weighted by molar-refractivity contribution is 0.0695. The molecule has 1 aromatic carbocycles. The van der Waals surface area contributed by atoms with Gasteiger partial charge in [0.1, 0.15) is 5.56 Å². The van der Waals surface area contributed by atoms with Crippen molar-refractivity contribution in [1.29, 1.82) is 0 Å². The van der Waals surface area contributed by atoms with Gasteiger partial charge >= 0.3 is 5.97 Å². The van der Waals surface area contributed by atoms with Crippen molar-refractivity contribution in [3.63, 3.8) is 0 Å². The topological polar surface area (TPSA) is 87.2 Å². The van der Waals surface area contributed by atoms with Gasteiger partial charge in [-0.15, -0.1) is 0 Å². The lowest BCUT2D eigenvalue weighted by Crippen LogP contribution is -2.27. The summed E-state index contributed by atoms with van der Waals surface area (Å²) >= 11 is 0. The first-order valence-corrected chi connectivity index (χ1v) is 7.99. The van der Waals surface area contributed by atoms with E-state index in [4.69, 9.17) is 5.11 Å². The number of nitrogens with one attached hydrogen (secondary N) is 1. The van der Waals surface area contributed by atoms with Crippen LogP contribution in [0.1, 0.15) is 69.6 Å². The van der Waals surface area contributed by atoms with Crippen LogP contribution in [0.15, 0.2) is 35.1 Å². The van der Waals surface area contributed by atoms with Crippen molar-refractivity contribution in [2.24, 2.45) is 0 Å². The maximum atomic E-state index is 12.4. The average Bonchev–Trinajstić information content (AvgIpc) is 2.53. The highest BCUT2D eigenvalue weighted by atomic mass is 16.4. The van der Waals surface area contributed by atoms with Crippen LogP contribution in [0.2, 0.25) is 0 Å². The molecule has 3 rings (SSSR count). The van der Waals surface area contributed by atoms with E-state index in [2.05, 4.69) is 31.0 Å². The molecule has 24 heavy (non-hydrogen) atoms. The van der Waals surface area contributed by atoms with Gasteiger partial charge in [-0.3, -0.25) is 9.59 Å². The summed E-state index contributed by atoms with van der Waals surface area (Å²) in [6.07, 6.45) is 0.844. The van der Waals surface area contributed by atoms with Crippen LogP contribution in [0.4, 0.5) is 0 Å². The normalized spacial score (nSPS) is 17.0. The number of H-pyrrole nitrogens is 1. The van der Waals surface area contributed by atoms with E-state index >= 15 is 0 Å². The zero-order valence-electron chi connectivity index (χ0n) is 13.6. The Kier molecular flexibility index (Phi) is 4.09. The van der Waals surface area contributed by atoms with Crippen LogP contribution in [0.3, 0.4) is 0 Å². The van der Waals surface area contributed by atoms with Crippen LogP contribution in [-0.2, 0) is 6.42 Å². The summed E-state index contributed by atoms with van der Waals surface area (Å²) in [4.78, 5) is 37.9. The van der Waals surface area contributed by atoms with Crippen LogP contribution in [0.25, 0.3) is 0 Å². The van der Waals surface area contributed by atoms with Gasteiger partial charge in [-0.2, -0.15) is 0 Å². The fourth-order valence-electron chi connectivity index (χ4n) is 3.18. The third-order valence-corrected chi connectivity index (χ3v) is 4.61. The molecular formula is C19H19NO4. The molecule has 2 N–H and O–H groups in total. The smallest absolute Gasteiger partial charge is 0.341 e. The van der Waals surface area contributed by atoms with Crippen LogP contribution in [-0.4, -0.2) is 21.8 Å². The van der Waals surface area contributed by atoms with Gasteiger partial charge in [0, 0.05) is 17.7 Å². The van der Waals surface area contributed by atoms with E-state index in [1.807, 2.05) is 12.1 Å². The molecule has 1 aliphatic carbocycles. The third-order valence-electron chi connectivity index (χ3n) is 4.61. The van der Waals surface area contributed by atoms with Crippen molar-refractivity contribution in [1.82, 2.24) is 4.98 Å². The van der Waals surface area contributed by atoms with Gasteiger partial charge in [0.2, 0.25) is 0 Å². The fraction of sp³-hybridized carbons (Fsp3) is 0.316. The van der Waals surface area contributed by atoms with E-state index < -0.39 is 11.5 Å². The van der Waals surface area contributed by atoms with Crippen LogP contribution >= 0.6 is 0 Å². The second-order valence-corrected chi connectivity index (χ2v) is 6.56. The molecule has 1 atom stereocenters. The number of fused-ring (bicyclic) bond motifs is 1. The third kappa shape index (κ3) is 2.89. The zero-order chi connectivity index (χ0) is 17.4. The molecule has 1 aromatic heterocycles. The van der Waals surface area contributed by atoms with E-state index in [0.717, 1.165) is 5.56 Å². The highest BCUT2D eigenvalue weighted by Crippen LogP contribution is 2.32. The molecule has 0 radical (unpaired) electrons. The second-order valence-electron chi connectivity index (χ2n) is 6.56. The molecule has 0 fully saturated rings. The number of carbonyl (C=O) groups excluding carboxylic acids is 1. The lowest BCUT2D eigenvalue weighted by Gasteiger charge is -2.24. The number of carboxylic acid groups (broad SMARTS) is 1. The first-order chi connectivity index (χ1) is 11.4. The fourth-order valence-corrected chi connectivity index (χ4v) is 3.18. The van der Waals surface area contributed by atoms with Crippen molar-refractivity contribution in [3.8, 4) is 0 Å². The summed E-state index contributed by atoms with van der Waals surface area (Å²) in [7, 11) is 0. The molecule has 124 valence electrons. The largest absolute Gasteiger partial charge is 0.477 e. The predicted molar refractivity (Wildman–Crippen MR) is 89.9 cm³/mol. The average molecular weight is 325 g/mol. The number of aromatic amines is 1. The van der Waals surface area contributed by atoms with Gasteiger partial charge in [-0.05, 0) is 35.4 Å². The van der Waals surface area contributed by atoms with E-state index in [0.29, 0.717) is 30.0 Å². The summed E-state index contributed by atoms with van der Waals surface area (Å²) in [5.41, 5.74) is 2.09. The highest BCUT2D eigenvalue weighted by Gasteiger charge is 2.28. The minimum absolute atomic E-state index is 0.00228. The van der Waals surface area contributed by atoms with Crippen molar-refractivity contribution in [2.75, 3.05) is 0 Å². The van der Waals surface area contributed by atoms with Crippen LogP contribution in [0.5, 0.6) is 0 Å². The standard InChI is InChI=1S/C19H19NO4/c1-10(2)11-3-5-12(6-4-11)13-7-16-14(17(21)8-13)9-15(19(23)24)18(22)20-16/h3-6,9-10,13H,7-8H2,1-2H3,(H,20,22)(H,23,24). The van der Waals surface area contributed by atoms with E-state index in [1.54, 1.807) is 0 Å². The van der Waals surface area contributed by atoms with Gasteiger partial charge in [0.25, 0.3) is 5.56 Å². The number of pyridine rings is 1. The Morgan fingerprint density at radius 1 is 1.17 bits per heavy atom. The SMILES string of the molecule is CC(C)c1ccc(C2CC(=O)c3cc(C(=O)O)c(=O)[nH]c3C2)cc1. The number of benzene rings is 1. The number of carbonyl (C=O) groups is 2. The number of aromatic carboxylic acids is 1.